The number of hydrogen-bond donors (Lipinski definition) is 2. The molecule has 0 aliphatic heterocycles. The first kappa shape index (κ1) is 16.4. The molecule has 7 heteroatoms. The van der Waals surface area contributed by atoms with Crippen molar-refractivity contribution in [1.29, 1.82) is 0 Å². The fourth-order valence-electron chi connectivity index (χ4n) is 1.53. The summed E-state index contributed by atoms with van der Waals surface area (Å²) in [5, 5.41) is 0.240. The van der Waals surface area contributed by atoms with Crippen LogP contribution in [0.2, 0.25) is 5.02 Å². The number of rotatable bonds is 7. The standard InChI is InChI=1S/C12H17ClN2O2S2/c1-2-3-4-7-15-19(16,17)9-5-6-10(12(14)18)11(13)8-9/h5-6,8,15H,2-4,7H2,1H3,(H2,14,18). The Kier molecular flexibility index (Phi) is 6.19. The molecule has 0 unspecified atom stereocenters. The molecular weight excluding hydrogens is 304 g/mol. The molecule has 0 amide bonds. The molecule has 1 aromatic rings. The Balaban J connectivity index is 2.84. The van der Waals surface area contributed by atoms with Crippen molar-refractivity contribution in [1.82, 2.24) is 4.72 Å². The van der Waals surface area contributed by atoms with Crippen molar-refractivity contribution in [2.45, 2.75) is 31.1 Å². The highest BCUT2D eigenvalue weighted by atomic mass is 35.5. The van der Waals surface area contributed by atoms with Gasteiger partial charge >= 0.3 is 0 Å². The molecule has 0 aliphatic carbocycles. The summed E-state index contributed by atoms with van der Waals surface area (Å²) < 4.78 is 26.5. The molecule has 0 heterocycles. The van der Waals surface area contributed by atoms with E-state index in [1.54, 1.807) is 0 Å². The third-order valence-electron chi connectivity index (χ3n) is 2.59. The van der Waals surface area contributed by atoms with Gasteiger partial charge in [-0.3, -0.25) is 0 Å². The van der Waals surface area contributed by atoms with E-state index in [4.69, 9.17) is 29.6 Å². The molecule has 0 spiro atoms. The molecular formula is C12H17ClN2O2S2. The molecule has 0 radical (unpaired) electrons. The molecule has 0 saturated heterocycles. The lowest BCUT2D eigenvalue weighted by atomic mass is 10.2. The van der Waals surface area contributed by atoms with E-state index in [1.165, 1.54) is 18.2 Å². The van der Waals surface area contributed by atoms with Crippen LogP contribution in [0.15, 0.2) is 23.1 Å². The van der Waals surface area contributed by atoms with E-state index in [0.29, 0.717) is 12.1 Å². The number of unbranched alkanes of at least 4 members (excludes halogenated alkanes) is 2. The van der Waals surface area contributed by atoms with E-state index in [-0.39, 0.29) is 14.9 Å². The Labute approximate surface area is 124 Å². The van der Waals surface area contributed by atoms with E-state index >= 15 is 0 Å². The van der Waals surface area contributed by atoms with E-state index in [1.807, 2.05) is 0 Å². The largest absolute Gasteiger partial charge is 0.389 e. The highest BCUT2D eigenvalue weighted by Crippen LogP contribution is 2.20. The first-order valence-electron chi connectivity index (χ1n) is 5.97. The summed E-state index contributed by atoms with van der Waals surface area (Å²) in [5.74, 6) is 0. The summed E-state index contributed by atoms with van der Waals surface area (Å²) in [6.45, 7) is 2.48. The van der Waals surface area contributed by atoms with E-state index in [0.717, 1.165) is 19.3 Å². The molecule has 4 nitrogen and oxygen atoms in total. The first-order chi connectivity index (χ1) is 8.88. The predicted molar refractivity (Wildman–Crippen MR) is 82.1 cm³/mol. The van der Waals surface area contributed by atoms with Crippen LogP contribution >= 0.6 is 23.8 Å². The summed E-state index contributed by atoms with van der Waals surface area (Å²) in [4.78, 5) is 0.263. The van der Waals surface area contributed by atoms with Crippen molar-refractivity contribution in [3.05, 3.63) is 28.8 Å². The number of benzene rings is 1. The normalized spacial score (nSPS) is 11.5. The van der Waals surface area contributed by atoms with Crippen molar-refractivity contribution in [3.8, 4) is 0 Å². The molecule has 0 aliphatic rings. The van der Waals surface area contributed by atoms with Crippen LogP contribution in [0.3, 0.4) is 0 Å². The third-order valence-corrected chi connectivity index (χ3v) is 4.58. The minimum absolute atomic E-state index is 0.119. The van der Waals surface area contributed by atoms with Crippen molar-refractivity contribution < 1.29 is 8.42 Å². The van der Waals surface area contributed by atoms with E-state index < -0.39 is 10.0 Å². The van der Waals surface area contributed by atoms with Gasteiger partial charge in [-0.15, -0.1) is 0 Å². The maximum Gasteiger partial charge on any atom is 0.240 e. The van der Waals surface area contributed by atoms with Gasteiger partial charge in [-0.1, -0.05) is 43.6 Å². The Morgan fingerprint density at radius 1 is 1.42 bits per heavy atom. The molecule has 0 bridgehead atoms. The highest BCUT2D eigenvalue weighted by Gasteiger charge is 2.15. The second-order valence-electron chi connectivity index (χ2n) is 4.11. The van der Waals surface area contributed by atoms with Crippen molar-refractivity contribution in [2.75, 3.05) is 6.54 Å². The summed E-state index contributed by atoms with van der Waals surface area (Å²) in [5.41, 5.74) is 5.94. The van der Waals surface area contributed by atoms with Gasteiger partial charge < -0.3 is 5.73 Å². The van der Waals surface area contributed by atoms with Gasteiger partial charge in [0.05, 0.1) is 9.92 Å². The zero-order valence-electron chi connectivity index (χ0n) is 10.6. The minimum atomic E-state index is -3.52. The molecule has 0 fully saturated rings. The Morgan fingerprint density at radius 3 is 2.63 bits per heavy atom. The molecule has 19 heavy (non-hydrogen) atoms. The zero-order chi connectivity index (χ0) is 14.5. The summed E-state index contributed by atoms with van der Waals surface area (Å²) in [7, 11) is -3.52. The number of sulfonamides is 1. The van der Waals surface area contributed by atoms with Crippen molar-refractivity contribution in [2.24, 2.45) is 5.73 Å². The van der Waals surface area contributed by atoms with Crippen molar-refractivity contribution in [3.63, 3.8) is 0 Å². The molecule has 0 saturated carbocycles. The van der Waals surface area contributed by atoms with Gasteiger partial charge in [-0.25, -0.2) is 13.1 Å². The predicted octanol–water partition coefficient (Wildman–Crippen LogP) is 2.44. The monoisotopic (exact) mass is 320 g/mol. The fraction of sp³-hybridized carbons (Fsp3) is 0.417. The van der Waals surface area contributed by atoms with Gasteiger partial charge in [0.1, 0.15) is 4.99 Å². The van der Waals surface area contributed by atoms with Gasteiger partial charge in [-0.05, 0) is 24.6 Å². The van der Waals surface area contributed by atoms with Gasteiger partial charge in [0, 0.05) is 12.1 Å². The zero-order valence-corrected chi connectivity index (χ0v) is 13.0. The van der Waals surface area contributed by atoms with Crippen LogP contribution in [-0.4, -0.2) is 20.0 Å². The minimum Gasteiger partial charge on any atom is -0.389 e. The average Bonchev–Trinajstić information content (AvgIpc) is 2.34. The molecule has 1 rings (SSSR count). The number of halogens is 1. The number of nitrogens with two attached hydrogens (primary N) is 1. The number of thiocarbonyl (C=S) groups is 1. The number of hydrogen-bond acceptors (Lipinski definition) is 3. The van der Waals surface area contributed by atoms with Gasteiger partial charge in [0.25, 0.3) is 0 Å². The molecule has 106 valence electrons. The Bertz CT molecular complexity index is 559. The van der Waals surface area contributed by atoms with Crippen LogP contribution in [0, 0.1) is 0 Å². The van der Waals surface area contributed by atoms with Gasteiger partial charge in [0.15, 0.2) is 0 Å². The van der Waals surface area contributed by atoms with Crippen molar-refractivity contribution >= 4 is 38.8 Å². The average molecular weight is 321 g/mol. The summed E-state index contributed by atoms with van der Waals surface area (Å²) in [6.07, 6.45) is 2.84. The molecule has 0 atom stereocenters. The van der Waals surface area contributed by atoms with Gasteiger partial charge in [0.2, 0.25) is 10.0 Å². The Morgan fingerprint density at radius 2 is 2.11 bits per heavy atom. The molecule has 0 aromatic heterocycles. The SMILES string of the molecule is CCCCCNS(=O)(=O)c1ccc(C(N)=S)c(Cl)c1. The lowest BCUT2D eigenvalue weighted by molar-refractivity contribution is 0.576. The summed E-state index contributed by atoms with van der Waals surface area (Å²) >= 11 is 10.8. The summed E-state index contributed by atoms with van der Waals surface area (Å²) in [6, 6.07) is 4.33. The van der Waals surface area contributed by atoms with Crippen LogP contribution in [0.25, 0.3) is 0 Å². The lowest BCUT2D eigenvalue weighted by Crippen LogP contribution is -2.25. The topological polar surface area (TPSA) is 72.2 Å². The van der Waals surface area contributed by atoms with E-state index in [9.17, 15) is 8.42 Å². The van der Waals surface area contributed by atoms with E-state index in [2.05, 4.69) is 11.6 Å². The fourth-order valence-corrected chi connectivity index (χ4v) is 3.21. The van der Waals surface area contributed by atoms with Gasteiger partial charge in [-0.2, -0.15) is 0 Å². The third kappa shape index (κ3) is 4.72. The Hall–Kier alpha value is -0.690. The maximum absolute atomic E-state index is 12.0. The number of nitrogens with one attached hydrogen (secondary N) is 1. The van der Waals surface area contributed by atoms with Crippen LogP contribution in [0.5, 0.6) is 0 Å². The van der Waals surface area contributed by atoms with Crippen LogP contribution in [-0.2, 0) is 10.0 Å². The smallest absolute Gasteiger partial charge is 0.240 e. The van der Waals surface area contributed by atoms with Crippen LogP contribution in [0.4, 0.5) is 0 Å². The second-order valence-corrected chi connectivity index (χ2v) is 6.72. The van der Waals surface area contributed by atoms with Crippen LogP contribution in [0.1, 0.15) is 31.7 Å². The molecule has 1 aromatic carbocycles. The van der Waals surface area contributed by atoms with Crippen LogP contribution < -0.4 is 10.5 Å². The molecule has 3 N–H and O–H groups in total. The maximum atomic E-state index is 12.0. The first-order valence-corrected chi connectivity index (χ1v) is 8.24. The second kappa shape index (κ2) is 7.19. The highest BCUT2D eigenvalue weighted by molar-refractivity contribution is 7.89. The lowest BCUT2D eigenvalue weighted by Gasteiger charge is -2.08. The quantitative estimate of drug-likeness (QED) is 0.598.